The molecule has 0 saturated heterocycles. The molecule has 0 aliphatic carbocycles. The van der Waals surface area contributed by atoms with E-state index in [-0.39, 0.29) is 5.91 Å². The lowest BCUT2D eigenvalue weighted by molar-refractivity contribution is -0.111. The Morgan fingerprint density at radius 2 is 1.91 bits per heavy atom. The molecule has 0 fully saturated rings. The van der Waals surface area contributed by atoms with Crippen LogP contribution in [-0.4, -0.2) is 13.0 Å². The van der Waals surface area contributed by atoms with Crippen LogP contribution in [0.5, 0.6) is 5.75 Å². The van der Waals surface area contributed by atoms with Gasteiger partial charge in [0.2, 0.25) is 5.91 Å². The van der Waals surface area contributed by atoms with Gasteiger partial charge < -0.3 is 10.1 Å². The number of methoxy groups -OCH3 is 1. The minimum absolute atomic E-state index is 0.157. The van der Waals surface area contributed by atoms with Crippen LogP contribution in [0.2, 0.25) is 0 Å². The van der Waals surface area contributed by atoms with E-state index in [1.165, 1.54) is 11.6 Å². The highest BCUT2D eigenvalue weighted by molar-refractivity contribution is 9.10. The number of carbonyl (C=O) groups is 1. The summed E-state index contributed by atoms with van der Waals surface area (Å²) in [5.41, 5.74) is 4.08. The summed E-state index contributed by atoms with van der Waals surface area (Å²) in [6.07, 6.45) is 3.28. The number of aryl methyl sites for hydroxylation is 2. The predicted molar refractivity (Wildman–Crippen MR) is 94.3 cm³/mol. The van der Waals surface area contributed by atoms with Gasteiger partial charge in [-0.15, -0.1) is 0 Å². The molecule has 1 N–H and O–H groups in total. The van der Waals surface area contributed by atoms with Crippen molar-refractivity contribution < 1.29 is 9.53 Å². The molecule has 0 aliphatic rings. The molecule has 114 valence electrons. The zero-order chi connectivity index (χ0) is 16.1. The van der Waals surface area contributed by atoms with E-state index in [0.29, 0.717) is 0 Å². The Bertz CT molecular complexity index is 723. The van der Waals surface area contributed by atoms with Gasteiger partial charge in [0.25, 0.3) is 0 Å². The fourth-order valence-corrected chi connectivity index (χ4v) is 2.52. The van der Waals surface area contributed by atoms with Crippen LogP contribution in [0.4, 0.5) is 5.69 Å². The molecule has 0 spiro atoms. The first-order valence-corrected chi connectivity index (χ1v) is 7.69. The zero-order valence-corrected chi connectivity index (χ0v) is 14.4. The maximum atomic E-state index is 12.0. The summed E-state index contributed by atoms with van der Waals surface area (Å²) >= 11 is 3.42. The summed E-state index contributed by atoms with van der Waals surface area (Å²) in [5, 5.41) is 2.86. The van der Waals surface area contributed by atoms with Crippen LogP contribution in [0, 0.1) is 13.8 Å². The van der Waals surface area contributed by atoms with Gasteiger partial charge in [-0.1, -0.05) is 12.1 Å². The number of benzene rings is 2. The van der Waals surface area contributed by atoms with Gasteiger partial charge in [-0.2, -0.15) is 0 Å². The van der Waals surface area contributed by atoms with E-state index in [1.54, 1.807) is 13.2 Å². The Labute approximate surface area is 139 Å². The molecule has 2 aromatic carbocycles. The second kappa shape index (κ2) is 7.27. The van der Waals surface area contributed by atoms with Crippen LogP contribution in [0.25, 0.3) is 6.08 Å². The first kappa shape index (κ1) is 16.3. The Hall–Kier alpha value is -2.07. The van der Waals surface area contributed by atoms with Gasteiger partial charge in [-0.25, -0.2) is 0 Å². The SMILES string of the molecule is COc1ccc(C=CC(=O)Nc2ccc(C)c(C)c2)cc1Br. The third-order valence-corrected chi connectivity index (χ3v) is 4.00. The van der Waals surface area contributed by atoms with Gasteiger partial charge in [0, 0.05) is 11.8 Å². The number of ether oxygens (including phenoxy) is 1. The number of carbonyl (C=O) groups excluding carboxylic acids is 1. The number of halogens is 1. The molecule has 2 aromatic rings. The second-order valence-corrected chi connectivity index (χ2v) is 5.87. The zero-order valence-electron chi connectivity index (χ0n) is 12.8. The number of nitrogens with one attached hydrogen (secondary N) is 1. The molecule has 0 aromatic heterocycles. The first-order chi connectivity index (χ1) is 10.5. The molecule has 22 heavy (non-hydrogen) atoms. The van der Waals surface area contributed by atoms with Gasteiger partial charge in [0.1, 0.15) is 5.75 Å². The highest BCUT2D eigenvalue weighted by Crippen LogP contribution is 2.26. The maximum Gasteiger partial charge on any atom is 0.248 e. The van der Waals surface area contributed by atoms with Crippen molar-refractivity contribution in [3.8, 4) is 5.75 Å². The van der Waals surface area contributed by atoms with Crippen LogP contribution in [0.15, 0.2) is 46.9 Å². The first-order valence-electron chi connectivity index (χ1n) is 6.89. The van der Waals surface area contributed by atoms with Crippen molar-refractivity contribution in [2.24, 2.45) is 0 Å². The molecule has 0 bridgehead atoms. The second-order valence-electron chi connectivity index (χ2n) is 5.02. The fourth-order valence-electron chi connectivity index (χ4n) is 1.96. The van der Waals surface area contributed by atoms with Gasteiger partial charge in [0.05, 0.1) is 11.6 Å². The molecule has 0 aliphatic heterocycles. The normalized spacial score (nSPS) is 10.7. The average Bonchev–Trinajstić information content (AvgIpc) is 2.49. The van der Waals surface area contributed by atoms with Crippen molar-refractivity contribution in [2.75, 3.05) is 12.4 Å². The highest BCUT2D eigenvalue weighted by atomic mass is 79.9. The summed E-state index contributed by atoms with van der Waals surface area (Å²) in [4.78, 5) is 12.0. The van der Waals surface area contributed by atoms with E-state index in [1.807, 2.05) is 50.2 Å². The van der Waals surface area contributed by atoms with Crippen molar-refractivity contribution in [1.82, 2.24) is 0 Å². The summed E-state index contributed by atoms with van der Waals surface area (Å²) < 4.78 is 6.03. The van der Waals surface area contributed by atoms with Gasteiger partial charge in [-0.05, 0) is 76.8 Å². The number of rotatable bonds is 4. The molecule has 1 amide bonds. The summed E-state index contributed by atoms with van der Waals surface area (Å²) in [6.45, 7) is 4.07. The standard InChI is InChI=1S/C18H18BrNO2/c1-12-4-7-15(10-13(12)2)20-18(21)9-6-14-5-8-17(22-3)16(19)11-14/h4-11H,1-3H3,(H,20,21). The van der Waals surface area contributed by atoms with E-state index in [2.05, 4.69) is 21.2 Å². The third-order valence-electron chi connectivity index (χ3n) is 3.38. The molecule has 3 nitrogen and oxygen atoms in total. The van der Waals surface area contributed by atoms with Crippen molar-refractivity contribution in [3.05, 3.63) is 63.6 Å². The molecular formula is C18H18BrNO2. The minimum Gasteiger partial charge on any atom is -0.496 e. The average molecular weight is 360 g/mol. The summed E-state index contributed by atoms with van der Waals surface area (Å²) in [7, 11) is 1.62. The number of anilines is 1. The summed E-state index contributed by atoms with van der Waals surface area (Å²) in [5.74, 6) is 0.604. The van der Waals surface area contributed by atoms with Gasteiger partial charge in [0.15, 0.2) is 0 Å². The van der Waals surface area contributed by atoms with Crippen molar-refractivity contribution in [2.45, 2.75) is 13.8 Å². The quantitative estimate of drug-likeness (QED) is 0.801. The Kier molecular flexibility index (Phi) is 5.39. The lowest BCUT2D eigenvalue weighted by atomic mass is 10.1. The molecule has 0 radical (unpaired) electrons. The Morgan fingerprint density at radius 3 is 2.55 bits per heavy atom. The highest BCUT2D eigenvalue weighted by Gasteiger charge is 2.02. The lowest BCUT2D eigenvalue weighted by Gasteiger charge is -2.06. The van der Waals surface area contributed by atoms with Crippen LogP contribution in [-0.2, 0) is 4.79 Å². The van der Waals surface area contributed by atoms with Crippen molar-refractivity contribution >= 4 is 33.6 Å². The fraction of sp³-hybridized carbons (Fsp3) is 0.167. The number of hydrogen-bond acceptors (Lipinski definition) is 2. The van der Waals surface area contributed by atoms with Crippen LogP contribution < -0.4 is 10.1 Å². The minimum atomic E-state index is -0.157. The van der Waals surface area contributed by atoms with Crippen LogP contribution in [0.3, 0.4) is 0 Å². The third kappa shape index (κ3) is 4.21. The molecule has 0 unspecified atom stereocenters. The van der Waals surface area contributed by atoms with Gasteiger partial charge in [-0.3, -0.25) is 4.79 Å². The van der Waals surface area contributed by atoms with Crippen molar-refractivity contribution in [1.29, 1.82) is 0 Å². The predicted octanol–water partition coefficient (Wildman–Crippen LogP) is 4.73. The van der Waals surface area contributed by atoms with E-state index in [4.69, 9.17) is 4.74 Å². The van der Waals surface area contributed by atoms with E-state index >= 15 is 0 Å². The topological polar surface area (TPSA) is 38.3 Å². The van der Waals surface area contributed by atoms with E-state index in [9.17, 15) is 4.79 Å². The van der Waals surface area contributed by atoms with E-state index in [0.717, 1.165) is 27.0 Å². The van der Waals surface area contributed by atoms with Crippen LogP contribution >= 0.6 is 15.9 Å². The van der Waals surface area contributed by atoms with E-state index < -0.39 is 0 Å². The Morgan fingerprint density at radius 1 is 1.14 bits per heavy atom. The summed E-state index contributed by atoms with van der Waals surface area (Å²) in [6, 6.07) is 11.5. The Balaban J connectivity index is 2.04. The number of hydrogen-bond donors (Lipinski definition) is 1. The molecule has 0 saturated carbocycles. The molecule has 0 atom stereocenters. The maximum absolute atomic E-state index is 12.0. The molecular weight excluding hydrogens is 342 g/mol. The molecule has 4 heteroatoms. The smallest absolute Gasteiger partial charge is 0.248 e. The largest absolute Gasteiger partial charge is 0.496 e. The molecule has 0 heterocycles. The van der Waals surface area contributed by atoms with Crippen molar-refractivity contribution in [3.63, 3.8) is 0 Å². The molecule has 2 rings (SSSR count). The monoisotopic (exact) mass is 359 g/mol. The van der Waals surface area contributed by atoms with Crippen LogP contribution in [0.1, 0.15) is 16.7 Å². The number of amides is 1. The van der Waals surface area contributed by atoms with Gasteiger partial charge >= 0.3 is 0 Å². The lowest BCUT2D eigenvalue weighted by Crippen LogP contribution is -2.07.